The van der Waals surface area contributed by atoms with Crippen molar-refractivity contribution in [1.82, 2.24) is 19.7 Å². The lowest BCUT2D eigenvalue weighted by Crippen LogP contribution is -2.31. The number of carbonyl (C=O) groups is 1. The number of aryl methyl sites for hydroxylation is 1. The zero-order chi connectivity index (χ0) is 18.1. The second-order valence-electron chi connectivity index (χ2n) is 6.44. The first-order valence-corrected chi connectivity index (χ1v) is 8.45. The van der Waals surface area contributed by atoms with Crippen LogP contribution in [0, 0.1) is 0 Å². The molecule has 26 heavy (non-hydrogen) atoms. The van der Waals surface area contributed by atoms with Gasteiger partial charge in [0, 0.05) is 24.7 Å². The summed E-state index contributed by atoms with van der Waals surface area (Å²) < 4.78 is 2.71. The van der Waals surface area contributed by atoms with E-state index in [0.29, 0.717) is 17.3 Å². The monoisotopic (exact) mass is 349 g/mol. The predicted molar refractivity (Wildman–Crippen MR) is 98.5 cm³/mol. The Bertz CT molecular complexity index is 975. The normalized spacial score (nSPS) is 18.3. The molecule has 7 nitrogen and oxygen atoms in total. The number of benzene rings is 2. The summed E-state index contributed by atoms with van der Waals surface area (Å²) in [5.41, 5.74) is 2.34. The first-order chi connectivity index (χ1) is 12.6. The SMILES string of the molecule is Cn1cnn(-c2ccc(NC(=O)N[C@@H]3C[C@H]3c3ccccc3)cc2)c1=O. The average Bonchev–Trinajstić information content (AvgIpc) is 3.34. The van der Waals surface area contributed by atoms with Gasteiger partial charge in [-0.1, -0.05) is 30.3 Å². The second kappa shape index (κ2) is 6.51. The molecule has 0 spiro atoms. The summed E-state index contributed by atoms with van der Waals surface area (Å²) in [5, 5.41) is 9.84. The molecule has 0 aliphatic heterocycles. The number of amides is 2. The molecule has 2 aromatic carbocycles. The van der Waals surface area contributed by atoms with E-state index in [2.05, 4.69) is 27.9 Å². The number of hydrogen-bond donors (Lipinski definition) is 2. The van der Waals surface area contributed by atoms with Crippen molar-refractivity contribution in [3.05, 3.63) is 77.0 Å². The van der Waals surface area contributed by atoms with Gasteiger partial charge in [0.25, 0.3) is 0 Å². The minimum atomic E-state index is -0.226. The van der Waals surface area contributed by atoms with Crippen LogP contribution in [0.4, 0.5) is 10.5 Å². The van der Waals surface area contributed by atoms with Crippen molar-refractivity contribution in [3.8, 4) is 5.69 Å². The van der Waals surface area contributed by atoms with Crippen LogP contribution in [0.2, 0.25) is 0 Å². The second-order valence-corrected chi connectivity index (χ2v) is 6.44. The minimum absolute atomic E-state index is 0.170. The zero-order valence-corrected chi connectivity index (χ0v) is 14.3. The molecule has 2 amide bonds. The predicted octanol–water partition coefficient (Wildman–Crippen LogP) is 2.25. The molecule has 1 saturated carbocycles. The molecule has 0 saturated heterocycles. The number of urea groups is 1. The van der Waals surface area contributed by atoms with E-state index in [1.807, 2.05) is 18.2 Å². The van der Waals surface area contributed by atoms with Crippen molar-refractivity contribution in [2.75, 3.05) is 5.32 Å². The van der Waals surface area contributed by atoms with Gasteiger partial charge in [0.2, 0.25) is 0 Å². The summed E-state index contributed by atoms with van der Waals surface area (Å²) in [6.07, 6.45) is 2.42. The summed E-state index contributed by atoms with van der Waals surface area (Å²) in [5.74, 6) is 0.389. The Labute approximate surface area is 150 Å². The van der Waals surface area contributed by atoms with Gasteiger partial charge in [-0.2, -0.15) is 9.78 Å². The summed E-state index contributed by atoms with van der Waals surface area (Å²) in [6.45, 7) is 0. The van der Waals surface area contributed by atoms with Crippen LogP contribution in [0.3, 0.4) is 0 Å². The van der Waals surface area contributed by atoms with Crippen LogP contribution in [0.15, 0.2) is 65.7 Å². The van der Waals surface area contributed by atoms with Gasteiger partial charge in [-0.25, -0.2) is 9.59 Å². The smallest absolute Gasteiger partial charge is 0.334 e. The highest BCUT2D eigenvalue weighted by atomic mass is 16.2. The molecule has 132 valence electrons. The fraction of sp³-hybridized carbons (Fsp3) is 0.211. The molecule has 1 aliphatic carbocycles. The summed E-state index contributed by atoms with van der Waals surface area (Å²) in [7, 11) is 1.65. The maximum Gasteiger partial charge on any atom is 0.350 e. The molecule has 0 unspecified atom stereocenters. The van der Waals surface area contributed by atoms with Crippen LogP contribution in [0.1, 0.15) is 17.9 Å². The number of nitrogens with one attached hydrogen (secondary N) is 2. The summed E-state index contributed by atoms with van der Waals surface area (Å²) in [6, 6.07) is 17.1. The van der Waals surface area contributed by atoms with Gasteiger partial charge in [-0.05, 0) is 36.2 Å². The molecule has 2 atom stereocenters. The highest BCUT2D eigenvalue weighted by molar-refractivity contribution is 5.89. The van der Waals surface area contributed by atoms with E-state index in [1.165, 1.54) is 21.1 Å². The van der Waals surface area contributed by atoms with Crippen LogP contribution >= 0.6 is 0 Å². The minimum Gasteiger partial charge on any atom is -0.334 e. The van der Waals surface area contributed by atoms with Crippen LogP contribution in [-0.2, 0) is 7.05 Å². The Morgan fingerprint density at radius 2 is 1.85 bits per heavy atom. The van der Waals surface area contributed by atoms with Gasteiger partial charge in [0.1, 0.15) is 6.33 Å². The Morgan fingerprint density at radius 1 is 1.12 bits per heavy atom. The molecule has 1 heterocycles. The molecular formula is C19H19N5O2. The quantitative estimate of drug-likeness (QED) is 0.758. The lowest BCUT2D eigenvalue weighted by Gasteiger charge is -2.08. The lowest BCUT2D eigenvalue weighted by atomic mass is 10.1. The number of anilines is 1. The Balaban J connectivity index is 1.35. The topological polar surface area (TPSA) is 81.0 Å². The fourth-order valence-corrected chi connectivity index (χ4v) is 3.00. The van der Waals surface area contributed by atoms with E-state index in [4.69, 9.17) is 0 Å². The van der Waals surface area contributed by atoms with Crippen molar-refractivity contribution in [2.24, 2.45) is 7.05 Å². The Kier molecular flexibility index (Phi) is 4.04. The van der Waals surface area contributed by atoms with Crippen LogP contribution in [-0.4, -0.2) is 26.4 Å². The summed E-state index contributed by atoms with van der Waals surface area (Å²) >= 11 is 0. The largest absolute Gasteiger partial charge is 0.350 e. The van der Waals surface area contributed by atoms with E-state index in [1.54, 1.807) is 31.3 Å². The number of nitrogens with zero attached hydrogens (tertiary/aromatic N) is 3. The fourth-order valence-electron chi connectivity index (χ4n) is 3.00. The van der Waals surface area contributed by atoms with Crippen LogP contribution < -0.4 is 16.3 Å². The standard InChI is InChI=1S/C19H19N5O2/c1-23-12-20-24(19(23)26)15-9-7-14(8-10-15)21-18(25)22-17-11-16(17)13-5-3-2-4-6-13/h2-10,12,16-17H,11H2,1H3,(H2,21,22,25)/t16-,17+/m0/s1. The van der Waals surface area contributed by atoms with Crippen LogP contribution in [0.5, 0.6) is 0 Å². The molecule has 0 radical (unpaired) electrons. The molecule has 3 aromatic rings. The molecule has 1 fully saturated rings. The molecular weight excluding hydrogens is 330 g/mol. The highest BCUT2D eigenvalue weighted by Gasteiger charge is 2.39. The van der Waals surface area contributed by atoms with E-state index < -0.39 is 0 Å². The van der Waals surface area contributed by atoms with Gasteiger partial charge in [0.05, 0.1) is 5.69 Å². The Morgan fingerprint density at radius 3 is 2.50 bits per heavy atom. The van der Waals surface area contributed by atoms with Gasteiger partial charge in [-0.3, -0.25) is 4.57 Å². The van der Waals surface area contributed by atoms with Crippen molar-refractivity contribution < 1.29 is 4.79 Å². The third kappa shape index (κ3) is 3.23. The molecule has 7 heteroatoms. The van der Waals surface area contributed by atoms with Crippen molar-refractivity contribution in [2.45, 2.75) is 18.4 Å². The third-order valence-corrected chi connectivity index (χ3v) is 4.53. The van der Waals surface area contributed by atoms with Crippen LogP contribution in [0.25, 0.3) is 5.69 Å². The lowest BCUT2D eigenvalue weighted by molar-refractivity contribution is 0.251. The van der Waals surface area contributed by atoms with Crippen molar-refractivity contribution in [1.29, 1.82) is 0 Å². The third-order valence-electron chi connectivity index (χ3n) is 4.53. The average molecular weight is 349 g/mol. The van der Waals surface area contributed by atoms with Gasteiger partial charge >= 0.3 is 11.7 Å². The van der Waals surface area contributed by atoms with Gasteiger partial charge in [0.15, 0.2) is 0 Å². The van der Waals surface area contributed by atoms with Gasteiger partial charge < -0.3 is 10.6 Å². The Hall–Kier alpha value is -3.35. The highest BCUT2D eigenvalue weighted by Crippen LogP contribution is 2.40. The molecule has 2 N–H and O–H groups in total. The molecule has 1 aromatic heterocycles. The van der Waals surface area contributed by atoms with Crippen molar-refractivity contribution in [3.63, 3.8) is 0 Å². The number of aromatic nitrogens is 3. The zero-order valence-electron chi connectivity index (χ0n) is 14.3. The molecule has 4 rings (SSSR count). The van der Waals surface area contributed by atoms with Gasteiger partial charge in [-0.15, -0.1) is 0 Å². The number of carbonyl (C=O) groups excluding carboxylic acids is 1. The molecule has 1 aliphatic rings. The summed E-state index contributed by atoms with van der Waals surface area (Å²) in [4.78, 5) is 24.1. The first kappa shape index (κ1) is 16.1. The maximum absolute atomic E-state index is 12.2. The maximum atomic E-state index is 12.2. The molecule has 0 bridgehead atoms. The first-order valence-electron chi connectivity index (χ1n) is 8.45. The van der Waals surface area contributed by atoms with E-state index in [9.17, 15) is 9.59 Å². The van der Waals surface area contributed by atoms with E-state index in [-0.39, 0.29) is 17.8 Å². The van der Waals surface area contributed by atoms with E-state index >= 15 is 0 Å². The number of hydrogen-bond acceptors (Lipinski definition) is 3. The van der Waals surface area contributed by atoms with E-state index in [0.717, 1.165) is 6.42 Å². The number of rotatable bonds is 4. The van der Waals surface area contributed by atoms with Crippen molar-refractivity contribution >= 4 is 11.7 Å².